The molecule has 0 aliphatic rings. The molecule has 0 fully saturated rings. The zero-order valence-electron chi connectivity index (χ0n) is 13.7. The van der Waals surface area contributed by atoms with Crippen molar-refractivity contribution in [1.29, 1.82) is 0 Å². The van der Waals surface area contributed by atoms with E-state index in [1.54, 1.807) is 0 Å². The van der Waals surface area contributed by atoms with E-state index in [1.807, 2.05) is 6.20 Å². The highest BCUT2D eigenvalue weighted by molar-refractivity contribution is 6.10. The average molecular weight is 300 g/mol. The van der Waals surface area contributed by atoms with Gasteiger partial charge in [0.1, 0.15) is 5.82 Å². The Morgan fingerprint density at radius 2 is 1.70 bits per heavy atom. The van der Waals surface area contributed by atoms with Gasteiger partial charge >= 0.3 is 0 Å². The van der Waals surface area contributed by atoms with Crippen molar-refractivity contribution in [1.82, 2.24) is 9.55 Å². The highest BCUT2D eigenvalue weighted by atomic mass is 15.1. The van der Waals surface area contributed by atoms with Crippen LogP contribution in [0, 0.1) is 6.92 Å². The Balaban J connectivity index is 2.15. The van der Waals surface area contributed by atoms with Gasteiger partial charge in [-0.05, 0) is 42.2 Å². The first-order valence-electron chi connectivity index (χ1n) is 8.12. The maximum atomic E-state index is 4.67. The molecular weight excluding hydrogens is 280 g/mol. The van der Waals surface area contributed by atoms with Crippen LogP contribution in [0.4, 0.5) is 0 Å². The topological polar surface area (TPSA) is 17.8 Å². The molecule has 0 bridgehead atoms. The van der Waals surface area contributed by atoms with E-state index in [0.717, 1.165) is 5.82 Å². The largest absolute Gasteiger partial charge is 0.294 e. The molecule has 0 radical (unpaired) electrons. The van der Waals surface area contributed by atoms with E-state index in [2.05, 4.69) is 84.9 Å². The fourth-order valence-electron chi connectivity index (χ4n) is 3.34. The van der Waals surface area contributed by atoms with Gasteiger partial charge in [0.25, 0.3) is 0 Å². The van der Waals surface area contributed by atoms with E-state index in [-0.39, 0.29) is 0 Å². The molecule has 0 saturated heterocycles. The van der Waals surface area contributed by atoms with E-state index in [1.165, 1.54) is 32.9 Å². The Bertz CT molecular complexity index is 1010. The smallest absolute Gasteiger partial charge is 0.137 e. The van der Waals surface area contributed by atoms with Crippen molar-refractivity contribution >= 4 is 21.8 Å². The number of aryl methyl sites for hydroxylation is 1. The van der Waals surface area contributed by atoms with Gasteiger partial charge in [0, 0.05) is 17.0 Å². The van der Waals surface area contributed by atoms with Crippen LogP contribution >= 0.6 is 0 Å². The molecule has 114 valence electrons. The molecule has 0 unspecified atom stereocenters. The molecule has 0 N–H and O–H groups in total. The van der Waals surface area contributed by atoms with Crippen LogP contribution < -0.4 is 0 Å². The third-order valence-corrected chi connectivity index (χ3v) is 4.56. The summed E-state index contributed by atoms with van der Waals surface area (Å²) in [6.07, 6.45) is 1.92. The van der Waals surface area contributed by atoms with Crippen LogP contribution in [0.2, 0.25) is 0 Å². The molecule has 0 saturated carbocycles. The van der Waals surface area contributed by atoms with Crippen molar-refractivity contribution in [2.75, 3.05) is 0 Å². The zero-order chi connectivity index (χ0) is 16.0. The monoisotopic (exact) mass is 300 g/mol. The number of benzene rings is 2. The predicted molar refractivity (Wildman–Crippen MR) is 97.4 cm³/mol. The van der Waals surface area contributed by atoms with Crippen LogP contribution in [0.3, 0.4) is 0 Å². The second-order valence-corrected chi connectivity index (χ2v) is 6.43. The van der Waals surface area contributed by atoms with E-state index in [4.69, 9.17) is 0 Å². The first-order valence-corrected chi connectivity index (χ1v) is 8.12. The van der Waals surface area contributed by atoms with Gasteiger partial charge in [-0.1, -0.05) is 50.2 Å². The minimum Gasteiger partial charge on any atom is -0.294 e. The highest BCUT2D eigenvalue weighted by Gasteiger charge is 2.14. The number of aromatic nitrogens is 2. The summed E-state index contributed by atoms with van der Waals surface area (Å²) in [5, 5.41) is 2.57. The molecular formula is C21H20N2. The number of fused-ring (bicyclic) bond motifs is 3. The summed E-state index contributed by atoms with van der Waals surface area (Å²) in [5.41, 5.74) is 5.05. The fourth-order valence-corrected chi connectivity index (χ4v) is 3.34. The van der Waals surface area contributed by atoms with Gasteiger partial charge in [0.2, 0.25) is 0 Å². The van der Waals surface area contributed by atoms with Crippen LogP contribution in [0.15, 0.2) is 60.8 Å². The van der Waals surface area contributed by atoms with Gasteiger partial charge in [-0.3, -0.25) is 4.57 Å². The molecule has 0 aliphatic heterocycles. The van der Waals surface area contributed by atoms with Gasteiger partial charge in [0.05, 0.1) is 11.0 Å². The van der Waals surface area contributed by atoms with Crippen LogP contribution in [-0.2, 0) is 0 Å². The van der Waals surface area contributed by atoms with Crippen molar-refractivity contribution in [2.24, 2.45) is 0 Å². The van der Waals surface area contributed by atoms with Crippen LogP contribution in [0.5, 0.6) is 0 Å². The van der Waals surface area contributed by atoms with Gasteiger partial charge in [-0.25, -0.2) is 4.98 Å². The lowest BCUT2D eigenvalue weighted by molar-refractivity contribution is 0.858. The summed E-state index contributed by atoms with van der Waals surface area (Å²) in [4.78, 5) is 4.67. The van der Waals surface area contributed by atoms with Gasteiger partial charge < -0.3 is 0 Å². The van der Waals surface area contributed by atoms with Crippen molar-refractivity contribution < 1.29 is 0 Å². The molecule has 2 nitrogen and oxygen atoms in total. The molecule has 0 aliphatic carbocycles. The summed E-state index contributed by atoms with van der Waals surface area (Å²) < 4.78 is 2.30. The number of rotatable bonds is 2. The normalized spacial score (nSPS) is 11.7. The fraction of sp³-hybridized carbons (Fsp3) is 0.190. The number of hydrogen-bond donors (Lipinski definition) is 0. The molecule has 2 heteroatoms. The van der Waals surface area contributed by atoms with Crippen molar-refractivity contribution in [3.63, 3.8) is 0 Å². The van der Waals surface area contributed by atoms with Gasteiger partial charge in [-0.2, -0.15) is 0 Å². The third kappa shape index (κ3) is 2.14. The van der Waals surface area contributed by atoms with Crippen LogP contribution in [0.25, 0.3) is 27.6 Å². The molecule has 0 spiro atoms. The second kappa shape index (κ2) is 5.24. The summed E-state index contributed by atoms with van der Waals surface area (Å²) in [5.74, 6) is 1.49. The lowest BCUT2D eigenvalue weighted by atomic mass is 10.1. The Morgan fingerprint density at radius 3 is 2.52 bits per heavy atom. The Hall–Kier alpha value is -2.61. The molecule has 0 atom stereocenters. The van der Waals surface area contributed by atoms with E-state index >= 15 is 0 Å². The van der Waals surface area contributed by atoms with Crippen molar-refractivity contribution in [3.05, 3.63) is 71.9 Å². The van der Waals surface area contributed by atoms with E-state index in [9.17, 15) is 0 Å². The summed E-state index contributed by atoms with van der Waals surface area (Å²) in [6.45, 7) is 6.61. The second-order valence-electron chi connectivity index (χ2n) is 6.43. The lowest BCUT2D eigenvalue weighted by Gasteiger charge is -2.11. The van der Waals surface area contributed by atoms with Crippen molar-refractivity contribution in [3.8, 4) is 5.82 Å². The number of hydrogen-bond acceptors (Lipinski definition) is 1. The number of para-hydroxylation sites is 2. The van der Waals surface area contributed by atoms with Crippen LogP contribution in [0.1, 0.15) is 30.9 Å². The lowest BCUT2D eigenvalue weighted by Crippen LogP contribution is -2.00. The minimum absolute atomic E-state index is 0.492. The Kier molecular flexibility index (Phi) is 3.19. The zero-order valence-corrected chi connectivity index (χ0v) is 13.7. The van der Waals surface area contributed by atoms with E-state index in [0.29, 0.717) is 5.92 Å². The average Bonchev–Trinajstić information content (AvgIpc) is 2.91. The molecule has 2 heterocycles. The molecule has 0 amide bonds. The summed E-state index contributed by atoms with van der Waals surface area (Å²) in [6, 6.07) is 19.4. The summed E-state index contributed by atoms with van der Waals surface area (Å²) >= 11 is 0. The quantitative estimate of drug-likeness (QED) is 0.470. The minimum atomic E-state index is 0.492. The molecule has 4 aromatic rings. The van der Waals surface area contributed by atoms with E-state index < -0.39 is 0 Å². The van der Waals surface area contributed by atoms with Gasteiger partial charge in [-0.15, -0.1) is 0 Å². The summed E-state index contributed by atoms with van der Waals surface area (Å²) in [7, 11) is 0. The Labute approximate surface area is 136 Å². The molecule has 23 heavy (non-hydrogen) atoms. The van der Waals surface area contributed by atoms with Crippen LogP contribution in [-0.4, -0.2) is 9.55 Å². The molecule has 2 aromatic heterocycles. The standard InChI is InChI=1S/C21H20N2/c1-14(2)16-11-12-22-20(13-16)23-19-10-5-4-8-17(19)18-9-6-7-15(3)21(18)23/h4-14H,1-3H3. The predicted octanol–water partition coefficient (Wildman–Crippen LogP) is 5.61. The number of nitrogens with zero attached hydrogens (tertiary/aromatic N) is 2. The number of pyridine rings is 1. The Morgan fingerprint density at radius 1 is 0.913 bits per heavy atom. The van der Waals surface area contributed by atoms with Gasteiger partial charge in [0.15, 0.2) is 0 Å². The molecule has 4 rings (SSSR count). The highest BCUT2D eigenvalue weighted by Crippen LogP contribution is 2.33. The SMILES string of the molecule is Cc1cccc2c3ccccc3n(-c3cc(C(C)C)ccn3)c12. The first-order chi connectivity index (χ1) is 11.2. The molecule has 2 aromatic carbocycles. The maximum Gasteiger partial charge on any atom is 0.137 e. The van der Waals surface area contributed by atoms with Crippen molar-refractivity contribution in [2.45, 2.75) is 26.7 Å². The maximum absolute atomic E-state index is 4.67. The first kappa shape index (κ1) is 14.0. The third-order valence-electron chi connectivity index (χ3n) is 4.56.